The number of nitrogens with one attached hydrogen (secondary N) is 1. The molecule has 3 rings (SSSR count). The molecule has 0 aliphatic rings. The standard InChI is InChI=1S/C23H19NO3/c1-16-15-19(18-7-3-2-4-8-18)12-11-17(16)13-14-22(25)24-21-10-6-5-9-20(21)23(26)27/h2-15H,1H3,(H,24,25)(H,26,27)/b14-13+. The first-order valence-corrected chi connectivity index (χ1v) is 8.52. The molecule has 0 spiro atoms. The molecule has 0 radical (unpaired) electrons. The van der Waals surface area contributed by atoms with E-state index >= 15 is 0 Å². The second-order valence-corrected chi connectivity index (χ2v) is 6.11. The maximum atomic E-state index is 12.2. The molecule has 1 amide bonds. The Morgan fingerprint density at radius 3 is 2.30 bits per heavy atom. The molecule has 0 atom stereocenters. The Hall–Kier alpha value is -3.66. The molecule has 3 aromatic rings. The van der Waals surface area contributed by atoms with Crippen LogP contribution in [-0.2, 0) is 4.79 Å². The SMILES string of the molecule is Cc1cc(-c2ccccc2)ccc1/C=C/C(=O)Nc1ccccc1C(=O)O. The Bertz CT molecular complexity index is 1010. The zero-order valence-electron chi connectivity index (χ0n) is 14.8. The summed E-state index contributed by atoms with van der Waals surface area (Å²) in [5.41, 5.74) is 4.56. The summed E-state index contributed by atoms with van der Waals surface area (Å²) in [5.74, 6) is -1.46. The van der Waals surface area contributed by atoms with Crippen LogP contribution in [-0.4, -0.2) is 17.0 Å². The Morgan fingerprint density at radius 1 is 0.889 bits per heavy atom. The first-order valence-electron chi connectivity index (χ1n) is 8.52. The maximum Gasteiger partial charge on any atom is 0.337 e. The highest BCUT2D eigenvalue weighted by Gasteiger charge is 2.10. The van der Waals surface area contributed by atoms with Crippen LogP contribution in [0.5, 0.6) is 0 Å². The van der Waals surface area contributed by atoms with E-state index in [-0.39, 0.29) is 17.2 Å². The number of carbonyl (C=O) groups is 2. The molecule has 0 saturated carbocycles. The van der Waals surface area contributed by atoms with E-state index in [4.69, 9.17) is 0 Å². The van der Waals surface area contributed by atoms with Gasteiger partial charge in [-0.15, -0.1) is 0 Å². The number of para-hydroxylation sites is 1. The summed E-state index contributed by atoms with van der Waals surface area (Å²) in [6.07, 6.45) is 3.13. The van der Waals surface area contributed by atoms with Gasteiger partial charge in [-0.2, -0.15) is 0 Å². The summed E-state index contributed by atoms with van der Waals surface area (Å²) in [7, 11) is 0. The molecule has 0 heterocycles. The van der Waals surface area contributed by atoms with Gasteiger partial charge in [0.15, 0.2) is 0 Å². The molecule has 0 unspecified atom stereocenters. The quantitative estimate of drug-likeness (QED) is 0.631. The number of carboxylic acids is 1. The first-order chi connectivity index (χ1) is 13.0. The third-order valence-electron chi connectivity index (χ3n) is 4.21. The Labute approximate surface area is 157 Å². The molecule has 134 valence electrons. The van der Waals surface area contributed by atoms with Crippen molar-refractivity contribution < 1.29 is 14.7 Å². The van der Waals surface area contributed by atoms with Gasteiger partial charge in [-0.3, -0.25) is 4.79 Å². The third kappa shape index (κ3) is 4.50. The van der Waals surface area contributed by atoms with E-state index in [1.807, 2.05) is 37.3 Å². The molecule has 4 heteroatoms. The monoisotopic (exact) mass is 357 g/mol. The Kier molecular flexibility index (Phi) is 5.47. The van der Waals surface area contributed by atoms with Crippen molar-refractivity contribution in [1.82, 2.24) is 0 Å². The highest BCUT2D eigenvalue weighted by atomic mass is 16.4. The molecule has 3 aromatic carbocycles. The number of aryl methyl sites for hydroxylation is 1. The van der Waals surface area contributed by atoms with Gasteiger partial charge in [0.25, 0.3) is 0 Å². The number of benzene rings is 3. The average molecular weight is 357 g/mol. The van der Waals surface area contributed by atoms with Gasteiger partial charge >= 0.3 is 5.97 Å². The van der Waals surface area contributed by atoms with Crippen LogP contribution in [0, 0.1) is 6.92 Å². The summed E-state index contributed by atoms with van der Waals surface area (Å²) in [5, 5.41) is 11.8. The molecule has 0 fully saturated rings. The summed E-state index contributed by atoms with van der Waals surface area (Å²) in [6, 6.07) is 22.5. The molecule has 2 N–H and O–H groups in total. The van der Waals surface area contributed by atoms with Gasteiger partial charge in [-0.1, -0.05) is 60.7 Å². The van der Waals surface area contributed by atoms with Crippen molar-refractivity contribution in [2.75, 3.05) is 5.32 Å². The van der Waals surface area contributed by atoms with Crippen molar-refractivity contribution >= 4 is 23.6 Å². The van der Waals surface area contributed by atoms with E-state index in [0.717, 1.165) is 22.3 Å². The molecule has 0 aromatic heterocycles. The number of amides is 1. The number of rotatable bonds is 5. The van der Waals surface area contributed by atoms with Crippen molar-refractivity contribution in [1.29, 1.82) is 0 Å². The lowest BCUT2D eigenvalue weighted by atomic mass is 10.00. The zero-order chi connectivity index (χ0) is 19.2. The maximum absolute atomic E-state index is 12.2. The molecular formula is C23H19NO3. The van der Waals surface area contributed by atoms with Crippen molar-refractivity contribution in [2.24, 2.45) is 0 Å². The lowest BCUT2D eigenvalue weighted by Gasteiger charge is -2.07. The number of carboxylic acid groups (broad SMARTS) is 1. The van der Waals surface area contributed by atoms with Gasteiger partial charge in [0, 0.05) is 6.08 Å². The predicted octanol–water partition coefficient (Wildman–Crippen LogP) is 5.01. The molecule has 0 aliphatic heterocycles. The van der Waals surface area contributed by atoms with Gasteiger partial charge < -0.3 is 10.4 Å². The van der Waals surface area contributed by atoms with Crippen LogP contribution in [0.3, 0.4) is 0 Å². The fraction of sp³-hybridized carbons (Fsp3) is 0.0435. The van der Waals surface area contributed by atoms with E-state index in [1.165, 1.54) is 12.1 Å². The number of anilines is 1. The highest BCUT2D eigenvalue weighted by Crippen LogP contribution is 2.23. The largest absolute Gasteiger partial charge is 0.478 e. The lowest BCUT2D eigenvalue weighted by molar-refractivity contribution is -0.111. The number of hydrogen-bond donors (Lipinski definition) is 2. The summed E-state index contributed by atoms with van der Waals surface area (Å²) in [4.78, 5) is 23.4. The van der Waals surface area contributed by atoms with Crippen LogP contribution in [0.2, 0.25) is 0 Å². The van der Waals surface area contributed by atoms with E-state index < -0.39 is 5.97 Å². The Balaban J connectivity index is 1.74. The lowest BCUT2D eigenvalue weighted by Crippen LogP contribution is -2.11. The summed E-state index contributed by atoms with van der Waals surface area (Å²) in [6.45, 7) is 1.99. The van der Waals surface area contributed by atoms with E-state index in [1.54, 1.807) is 24.3 Å². The minimum absolute atomic E-state index is 0.0580. The molecule has 0 saturated heterocycles. The van der Waals surface area contributed by atoms with E-state index in [0.29, 0.717) is 0 Å². The van der Waals surface area contributed by atoms with Crippen LogP contribution in [0.15, 0.2) is 78.9 Å². The molecule has 27 heavy (non-hydrogen) atoms. The zero-order valence-corrected chi connectivity index (χ0v) is 14.8. The van der Waals surface area contributed by atoms with Crippen LogP contribution in [0.4, 0.5) is 5.69 Å². The fourth-order valence-electron chi connectivity index (χ4n) is 2.79. The normalized spacial score (nSPS) is 10.7. The van der Waals surface area contributed by atoms with Gasteiger partial charge in [-0.25, -0.2) is 4.79 Å². The minimum Gasteiger partial charge on any atom is -0.478 e. The first kappa shape index (κ1) is 18.1. The predicted molar refractivity (Wildman–Crippen MR) is 108 cm³/mol. The van der Waals surface area contributed by atoms with E-state index in [2.05, 4.69) is 23.5 Å². The fourth-order valence-corrected chi connectivity index (χ4v) is 2.79. The van der Waals surface area contributed by atoms with Crippen molar-refractivity contribution in [3.05, 3.63) is 95.6 Å². The second-order valence-electron chi connectivity index (χ2n) is 6.11. The minimum atomic E-state index is -1.08. The van der Waals surface area contributed by atoms with Gasteiger partial charge in [0.2, 0.25) is 5.91 Å². The smallest absolute Gasteiger partial charge is 0.337 e. The topological polar surface area (TPSA) is 66.4 Å². The van der Waals surface area contributed by atoms with Crippen molar-refractivity contribution in [3.8, 4) is 11.1 Å². The van der Waals surface area contributed by atoms with Crippen LogP contribution < -0.4 is 5.32 Å². The number of aromatic carboxylic acids is 1. The molecule has 0 bridgehead atoms. The van der Waals surface area contributed by atoms with Crippen molar-refractivity contribution in [2.45, 2.75) is 6.92 Å². The van der Waals surface area contributed by atoms with Gasteiger partial charge in [0.1, 0.15) is 0 Å². The molecule has 4 nitrogen and oxygen atoms in total. The Morgan fingerprint density at radius 2 is 1.59 bits per heavy atom. The second kappa shape index (κ2) is 8.15. The average Bonchev–Trinajstić information content (AvgIpc) is 2.68. The van der Waals surface area contributed by atoms with Crippen molar-refractivity contribution in [3.63, 3.8) is 0 Å². The third-order valence-corrected chi connectivity index (χ3v) is 4.21. The van der Waals surface area contributed by atoms with E-state index in [9.17, 15) is 14.7 Å². The summed E-state index contributed by atoms with van der Waals surface area (Å²) < 4.78 is 0. The number of hydrogen-bond acceptors (Lipinski definition) is 2. The van der Waals surface area contributed by atoms with Gasteiger partial charge in [-0.05, 0) is 47.4 Å². The summed E-state index contributed by atoms with van der Waals surface area (Å²) >= 11 is 0. The molecular weight excluding hydrogens is 338 g/mol. The molecule has 0 aliphatic carbocycles. The van der Waals surface area contributed by atoms with Gasteiger partial charge in [0.05, 0.1) is 11.3 Å². The van der Waals surface area contributed by atoms with Crippen LogP contribution in [0.1, 0.15) is 21.5 Å². The number of carbonyl (C=O) groups excluding carboxylic acids is 1. The van der Waals surface area contributed by atoms with Crippen LogP contribution >= 0.6 is 0 Å². The highest BCUT2D eigenvalue weighted by molar-refractivity contribution is 6.06. The van der Waals surface area contributed by atoms with Crippen LogP contribution in [0.25, 0.3) is 17.2 Å².